The van der Waals surface area contributed by atoms with Crippen LogP contribution in [0.15, 0.2) is 87.0 Å². The Hall–Kier alpha value is -4.55. The summed E-state index contributed by atoms with van der Waals surface area (Å²) in [5.74, 6) is -0.349. The number of rotatable bonds is 20. The molecule has 18 heteroatoms. The van der Waals surface area contributed by atoms with Crippen molar-refractivity contribution >= 4 is 71.9 Å². The first kappa shape index (κ1) is 51.3. The molecular weight excluding hydrogens is 950 g/mol. The monoisotopic (exact) mass is 1010 g/mol. The standard InChI is InChI=1S/C50H61Cl2N5O9S2/c1-6-55(7-2)33-15-19-37-44(29-33)66-45-30-34(56(8-3)9-4)16-20-38(45)48(37)39-21-18-36(31-46(39)68(62,63)64)67(60,61)54-24-12-10-11-13-47(58)53-25-26-57-35-17-23-43(57)49(50(59)65-5)40(28-35)32-14-22-41(51)42(52)27-32/h14-16,18-22,27,29-31,35,40,43,49,54H,6-13,17,23-26,28H2,1-5H3,(H-,53,58,62,63,64)/t35-,40+,43+,49-/m0/s1. The molecule has 1 amide bonds. The molecule has 14 nitrogen and oxygen atoms in total. The number of unbranched alkanes of at least 4 members (excludes halogenated alkanes) is 2. The number of ether oxygens (including phenoxy) is 1. The van der Waals surface area contributed by atoms with Crippen molar-refractivity contribution in [3.8, 4) is 22.5 Å². The number of nitrogens with one attached hydrogen (secondary N) is 2. The second-order valence-electron chi connectivity index (χ2n) is 17.5. The molecule has 2 saturated heterocycles. The van der Waals surface area contributed by atoms with Crippen molar-refractivity contribution in [2.45, 2.75) is 100 Å². The fourth-order valence-corrected chi connectivity index (χ4v) is 12.5. The van der Waals surface area contributed by atoms with E-state index in [2.05, 4.69) is 24.4 Å². The van der Waals surface area contributed by atoms with Crippen LogP contribution in [0.5, 0.6) is 0 Å². The minimum atomic E-state index is -5.20. The summed E-state index contributed by atoms with van der Waals surface area (Å²) in [5, 5.41) is 5.38. The number of hydrogen-bond donors (Lipinski definition) is 2. The topological polar surface area (TPSA) is 181 Å². The Morgan fingerprint density at radius 3 is 2.31 bits per heavy atom. The van der Waals surface area contributed by atoms with Crippen molar-refractivity contribution in [2.75, 3.05) is 57.8 Å². The minimum absolute atomic E-state index is 0.0330. The van der Waals surface area contributed by atoms with Crippen molar-refractivity contribution in [3.05, 3.63) is 93.8 Å². The Labute approximate surface area is 409 Å². The fourth-order valence-electron chi connectivity index (χ4n) is 10.3. The largest absolute Gasteiger partial charge is 0.744 e. The molecule has 68 heavy (non-hydrogen) atoms. The molecule has 3 aromatic carbocycles. The van der Waals surface area contributed by atoms with Gasteiger partial charge in [-0.1, -0.05) is 41.8 Å². The average Bonchev–Trinajstić information content (AvgIpc) is 3.59. The number of halogens is 2. The molecule has 4 aliphatic rings. The van der Waals surface area contributed by atoms with Crippen LogP contribution in [0, 0.1) is 5.92 Å². The number of sulfonamides is 1. The van der Waals surface area contributed by atoms with Gasteiger partial charge in [-0.2, -0.15) is 0 Å². The Kier molecular flexibility index (Phi) is 16.6. The number of anilines is 1. The third-order valence-corrected chi connectivity index (χ3v) is 16.8. The van der Waals surface area contributed by atoms with Crippen LogP contribution in [0.1, 0.15) is 84.1 Å². The highest BCUT2D eigenvalue weighted by atomic mass is 35.5. The van der Waals surface area contributed by atoms with Gasteiger partial charge in [0.25, 0.3) is 0 Å². The first-order chi connectivity index (χ1) is 32.5. The van der Waals surface area contributed by atoms with Crippen molar-refractivity contribution < 1.29 is 40.1 Å². The van der Waals surface area contributed by atoms with E-state index >= 15 is 0 Å². The van der Waals surface area contributed by atoms with Gasteiger partial charge in [0.2, 0.25) is 21.3 Å². The Bertz CT molecular complexity index is 2920. The molecule has 0 spiro atoms. The van der Waals surface area contributed by atoms with Crippen molar-refractivity contribution in [3.63, 3.8) is 0 Å². The molecular formula is C50H61Cl2N5O9S2. The molecule has 3 aromatic rings. The van der Waals surface area contributed by atoms with E-state index in [1.807, 2.05) is 76.2 Å². The number of benzene rings is 4. The highest BCUT2D eigenvalue weighted by Gasteiger charge is 2.51. The number of carbonyl (C=O) groups excluding carboxylic acids is 2. The molecule has 2 bridgehead atoms. The lowest BCUT2D eigenvalue weighted by atomic mass is 9.76. The maximum Gasteiger partial charge on any atom is 0.310 e. The van der Waals surface area contributed by atoms with Gasteiger partial charge in [0.05, 0.1) is 38.9 Å². The molecule has 3 aliphatic heterocycles. The van der Waals surface area contributed by atoms with E-state index in [1.54, 1.807) is 6.07 Å². The van der Waals surface area contributed by atoms with Gasteiger partial charge < -0.3 is 23.9 Å². The van der Waals surface area contributed by atoms with Gasteiger partial charge in [0, 0.05) is 97.0 Å². The van der Waals surface area contributed by atoms with E-state index in [-0.39, 0.29) is 59.2 Å². The molecule has 0 radical (unpaired) electrons. The quantitative estimate of drug-likeness (QED) is 0.0255. The van der Waals surface area contributed by atoms with Crippen molar-refractivity contribution in [1.82, 2.24) is 19.5 Å². The van der Waals surface area contributed by atoms with Gasteiger partial charge in [0.1, 0.15) is 34.6 Å². The summed E-state index contributed by atoms with van der Waals surface area (Å²) in [7, 11) is -8.03. The van der Waals surface area contributed by atoms with Gasteiger partial charge in [-0.05, 0) is 108 Å². The van der Waals surface area contributed by atoms with Crippen LogP contribution in [-0.4, -0.2) is 103 Å². The van der Waals surface area contributed by atoms with Gasteiger partial charge in [-0.3, -0.25) is 14.5 Å². The third-order valence-electron chi connectivity index (χ3n) is 13.7. The number of hydrogen-bond acceptors (Lipinski definition) is 11. The first-order valence-corrected chi connectivity index (χ1v) is 27.2. The van der Waals surface area contributed by atoms with Crippen LogP contribution in [0.3, 0.4) is 0 Å². The lowest BCUT2D eigenvalue weighted by Gasteiger charge is -2.43. The predicted molar refractivity (Wildman–Crippen MR) is 266 cm³/mol. The number of esters is 1. The van der Waals surface area contributed by atoms with Gasteiger partial charge in [0.15, 0.2) is 0 Å². The molecule has 0 aromatic heterocycles. The van der Waals surface area contributed by atoms with Crippen molar-refractivity contribution in [1.29, 1.82) is 0 Å². The van der Waals surface area contributed by atoms with Crippen molar-refractivity contribution in [2.24, 2.45) is 5.92 Å². The summed E-state index contributed by atoms with van der Waals surface area (Å²) >= 11 is 12.5. The summed E-state index contributed by atoms with van der Waals surface area (Å²) < 4.78 is 82.8. The third kappa shape index (κ3) is 11.1. The summed E-state index contributed by atoms with van der Waals surface area (Å²) in [5.41, 5.74) is 3.42. The SMILES string of the molecule is CCN(CC)c1ccc2c(-c3ccc(S(=O)(=O)NCCCCCC(=O)NCCN4[C@H]5CC[C@@H]4[C@@H](C(=O)OC)[C@@H](c4ccc(Cl)c(Cl)c4)C5)cc3S(=O)(=O)[O-])c3ccc(=[N+](CC)CC)cc-3oc2c1. The van der Waals surface area contributed by atoms with Gasteiger partial charge >= 0.3 is 5.97 Å². The van der Waals surface area contributed by atoms with E-state index in [1.165, 1.54) is 19.2 Å². The van der Waals surface area contributed by atoms with Gasteiger partial charge in [-0.25, -0.2) is 26.1 Å². The molecule has 0 saturated carbocycles. The second-order valence-corrected chi connectivity index (χ2v) is 21.4. The Morgan fingerprint density at radius 2 is 1.62 bits per heavy atom. The average molecular weight is 1010 g/mol. The van der Waals surface area contributed by atoms with Crippen LogP contribution < -0.4 is 24.9 Å². The van der Waals surface area contributed by atoms with E-state index in [0.29, 0.717) is 70.3 Å². The highest BCUT2D eigenvalue weighted by Crippen LogP contribution is 2.48. The van der Waals surface area contributed by atoms with Crippen LogP contribution in [0.25, 0.3) is 33.4 Å². The summed E-state index contributed by atoms with van der Waals surface area (Å²) in [6.07, 6.45) is 4.27. The first-order valence-electron chi connectivity index (χ1n) is 23.5. The van der Waals surface area contributed by atoms with Crippen LogP contribution in [-0.2, 0) is 34.5 Å². The number of carbonyl (C=O) groups is 2. The van der Waals surface area contributed by atoms with Crippen LogP contribution >= 0.6 is 23.2 Å². The highest BCUT2D eigenvalue weighted by molar-refractivity contribution is 7.89. The Morgan fingerprint density at radius 1 is 0.868 bits per heavy atom. The van der Waals surface area contributed by atoms with E-state index in [4.69, 9.17) is 32.4 Å². The zero-order valence-corrected chi connectivity index (χ0v) is 42.4. The maximum absolute atomic E-state index is 13.6. The summed E-state index contributed by atoms with van der Waals surface area (Å²) in [6.45, 7) is 12.2. The number of methoxy groups -OCH3 is 1. The molecule has 0 unspecified atom stereocenters. The fraction of sp³-hybridized carbons (Fsp3) is 0.460. The van der Waals surface area contributed by atoms with Crippen LogP contribution in [0.4, 0.5) is 5.69 Å². The molecule has 7 rings (SSSR count). The smallest absolute Gasteiger partial charge is 0.310 e. The lowest BCUT2D eigenvalue weighted by molar-refractivity contribution is -0.150. The second kappa shape index (κ2) is 22.0. The van der Waals surface area contributed by atoms with E-state index in [9.17, 15) is 31.0 Å². The van der Waals surface area contributed by atoms with Crippen LogP contribution in [0.2, 0.25) is 10.0 Å². The van der Waals surface area contributed by atoms with Gasteiger partial charge in [-0.15, -0.1) is 0 Å². The molecule has 2 fully saturated rings. The minimum Gasteiger partial charge on any atom is -0.744 e. The molecule has 2 N–H and O–H groups in total. The number of nitrogens with zero attached hydrogens (tertiary/aromatic N) is 3. The van der Waals surface area contributed by atoms with E-state index < -0.39 is 25.0 Å². The molecule has 4 atom stereocenters. The zero-order chi connectivity index (χ0) is 48.9. The number of fused-ring (bicyclic) bond motifs is 4. The van der Waals surface area contributed by atoms with E-state index in [0.717, 1.165) is 68.1 Å². The predicted octanol–water partition coefficient (Wildman–Crippen LogP) is 7.84. The Balaban J connectivity index is 0.982. The number of amides is 1. The maximum atomic E-state index is 13.6. The lowest BCUT2D eigenvalue weighted by Crippen LogP contribution is -2.52. The summed E-state index contributed by atoms with van der Waals surface area (Å²) in [4.78, 5) is 29.4. The normalized spacial score (nSPS) is 18.5. The number of piperidine rings is 1. The zero-order valence-electron chi connectivity index (χ0n) is 39.2. The molecule has 1 aliphatic carbocycles. The molecule has 3 heterocycles. The summed E-state index contributed by atoms with van der Waals surface area (Å²) in [6, 6.07) is 20.7. The molecule has 366 valence electrons.